The zero-order chi connectivity index (χ0) is 14.0. The summed E-state index contributed by atoms with van der Waals surface area (Å²) in [6.07, 6.45) is 13.3. The Morgan fingerprint density at radius 2 is 2.05 bits per heavy atom. The lowest BCUT2D eigenvalue weighted by molar-refractivity contribution is -0.123. The van der Waals surface area contributed by atoms with E-state index in [1.165, 1.54) is 12.8 Å². The Balaban J connectivity index is 1.70. The van der Waals surface area contributed by atoms with Crippen LogP contribution in [0, 0.1) is 23.2 Å². The first-order chi connectivity index (χ1) is 9.53. The van der Waals surface area contributed by atoms with Crippen molar-refractivity contribution in [3.8, 4) is 0 Å². The maximum absolute atomic E-state index is 11.7. The van der Waals surface area contributed by atoms with Crippen LogP contribution >= 0.6 is 0 Å². The minimum absolute atomic E-state index is 0.214. The monoisotopic (exact) mass is 272 g/mol. The maximum atomic E-state index is 11.7. The minimum atomic E-state index is -0.666. The van der Waals surface area contributed by atoms with Gasteiger partial charge in [-0.1, -0.05) is 19.1 Å². The lowest BCUT2D eigenvalue weighted by Gasteiger charge is -2.56. The summed E-state index contributed by atoms with van der Waals surface area (Å²) in [5.41, 5.74) is 0.744. The van der Waals surface area contributed by atoms with Crippen molar-refractivity contribution in [1.82, 2.24) is 0 Å². The summed E-state index contributed by atoms with van der Waals surface area (Å²) in [4.78, 5) is 11.7. The van der Waals surface area contributed by atoms with Crippen LogP contribution in [0.4, 0.5) is 0 Å². The molecule has 0 aromatic heterocycles. The molecule has 1 unspecified atom stereocenters. The topological polar surface area (TPSA) is 37.3 Å². The molecule has 2 nitrogen and oxygen atoms in total. The average molecular weight is 272 g/mol. The molecule has 4 aliphatic carbocycles. The molecule has 0 aliphatic heterocycles. The van der Waals surface area contributed by atoms with Gasteiger partial charge in [0.15, 0.2) is 5.78 Å². The van der Waals surface area contributed by atoms with Crippen molar-refractivity contribution in [2.24, 2.45) is 23.2 Å². The van der Waals surface area contributed by atoms with Gasteiger partial charge in [-0.2, -0.15) is 0 Å². The highest BCUT2D eigenvalue weighted by Gasteiger charge is 2.56. The van der Waals surface area contributed by atoms with Gasteiger partial charge in [0, 0.05) is 6.42 Å². The second-order valence-electron chi connectivity index (χ2n) is 7.66. The summed E-state index contributed by atoms with van der Waals surface area (Å²) in [6.45, 7) is 2.40. The summed E-state index contributed by atoms with van der Waals surface area (Å²) >= 11 is 0. The summed E-state index contributed by atoms with van der Waals surface area (Å²) < 4.78 is 0. The van der Waals surface area contributed by atoms with Crippen molar-refractivity contribution in [1.29, 1.82) is 0 Å². The van der Waals surface area contributed by atoms with Crippen LogP contribution in [0.5, 0.6) is 0 Å². The van der Waals surface area contributed by atoms with E-state index in [-0.39, 0.29) is 5.78 Å². The fourth-order valence-electron chi connectivity index (χ4n) is 5.67. The lowest BCUT2D eigenvalue weighted by Crippen LogP contribution is -2.54. The Kier molecular flexibility index (Phi) is 2.61. The molecule has 2 heteroatoms. The molecule has 0 heterocycles. The zero-order valence-electron chi connectivity index (χ0n) is 12.3. The van der Waals surface area contributed by atoms with Crippen molar-refractivity contribution in [2.45, 2.75) is 57.5 Å². The predicted octanol–water partition coefficient (Wildman–Crippen LogP) is 3.41. The Hall–Kier alpha value is -0.890. The molecular formula is C18H24O2. The summed E-state index contributed by atoms with van der Waals surface area (Å²) in [7, 11) is 0. The maximum Gasteiger partial charge on any atom is 0.155 e. The number of carbonyl (C=O) groups is 1. The van der Waals surface area contributed by atoms with Crippen molar-refractivity contribution in [2.75, 3.05) is 0 Å². The van der Waals surface area contributed by atoms with Gasteiger partial charge >= 0.3 is 0 Å². The van der Waals surface area contributed by atoms with E-state index < -0.39 is 5.60 Å². The lowest BCUT2D eigenvalue weighted by atomic mass is 9.51. The zero-order valence-corrected chi connectivity index (χ0v) is 12.3. The van der Waals surface area contributed by atoms with E-state index in [1.807, 2.05) is 0 Å². The van der Waals surface area contributed by atoms with Crippen LogP contribution in [0.3, 0.4) is 0 Å². The molecule has 1 N–H and O–H groups in total. The van der Waals surface area contributed by atoms with Crippen LogP contribution in [0.1, 0.15) is 51.9 Å². The highest BCUT2D eigenvalue weighted by Crippen LogP contribution is 2.60. The molecule has 0 bridgehead atoms. The van der Waals surface area contributed by atoms with Crippen LogP contribution in [0.2, 0.25) is 0 Å². The summed E-state index contributed by atoms with van der Waals surface area (Å²) in [5, 5.41) is 11.3. The molecule has 0 aromatic carbocycles. The van der Waals surface area contributed by atoms with E-state index >= 15 is 0 Å². The first kappa shape index (κ1) is 12.8. The number of hydrogen-bond donors (Lipinski definition) is 1. The van der Waals surface area contributed by atoms with E-state index in [9.17, 15) is 9.90 Å². The number of allylic oxidation sites excluding steroid dienone is 3. The molecule has 0 amide bonds. The second kappa shape index (κ2) is 4.07. The standard InChI is InChI=1S/C18H24O2/c1-17-8-2-3-15(17)14-5-4-12-11-13(19)6-10-18(12,20)16(14)7-9-17/h2,8,11,14-16,20H,3-7,9-10H2,1H3/t14-,15-,16-,17-,18?/m0/s1. The number of fused-ring (bicyclic) bond motifs is 5. The van der Waals surface area contributed by atoms with Crippen LogP contribution in [0.15, 0.2) is 23.8 Å². The molecule has 0 saturated heterocycles. The van der Waals surface area contributed by atoms with Gasteiger partial charge in [-0.3, -0.25) is 4.79 Å². The Bertz CT molecular complexity index is 518. The van der Waals surface area contributed by atoms with Crippen LogP contribution < -0.4 is 0 Å². The van der Waals surface area contributed by atoms with E-state index in [1.54, 1.807) is 6.08 Å². The number of carbonyl (C=O) groups excluding carboxylic acids is 1. The summed E-state index contributed by atoms with van der Waals surface area (Å²) in [6, 6.07) is 0. The Morgan fingerprint density at radius 3 is 2.90 bits per heavy atom. The Morgan fingerprint density at radius 1 is 1.20 bits per heavy atom. The third-order valence-corrected chi connectivity index (χ3v) is 6.77. The van der Waals surface area contributed by atoms with E-state index in [4.69, 9.17) is 0 Å². The third-order valence-electron chi connectivity index (χ3n) is 6.77. The molecule has 108 valence electrons. The molecular weight excluding hydrogens is 248 g/mol. The van der Waals surface area contributed by atoms with E-state index in [2.05, 4.69) is 19.1 Å². The normalized spacial score (nSPS) is 50.2. The highest BCUT2D eigenvalue weighted by atomic mass is 16.3. The molecule has 20 heavy (non-hydrogen) atoms. The van der Waals surface area contributed by atoms with Crippen LogP contribution in [-0.2, 0) is 4.79 Å². The molecule has 4 rings (SSSR count). The smallest absolute Gasteiger partial charge is 0.155 e. The number of hydrogen-bond acceptors (Lipinski definition) is 2. The van der Waals surface area contributed by atoms with Crippen molar-refractivity contribution < 1.29 is 9.90 Å². The number of rotatable bonds is 0. The van der Waals surface area contributed by atoms with Crippen molar-refractivity contribution in [3.05, 3.63) is 23.8 Å². The molecule has 0 aromatic rings. The number of ketones is 1. The Labute approximate surface area is 120 Å². The fraction of sp³-hybridized carbons (Fsp3) is 0.722. The third kappa shape index (κ3) is 1.57. The van der Waals surface area contributed by atoms with E-state index in [0.717, 1.165) is 24.8 Å². The van der Waals surface area contributed by atoms with Gasteiger partial charge in [0.05, 0.1) is 5.60 Å². The largest absolute Gasteiger partial charge is 0.385 e. The van der Waals surface area contributed by atoms with Gasteiger partial charge in [0.1, 0.15) is 0 Å². The minimum Gasteiger partial charge on any atom is -0.385 e. The highest BCUT2D eigenvalue weighted by molar-refractivity contribution is 5.92. The van der Waals surface area contributed by atoms with Crippen molar-refractivity contribution in [3.63, 3.8) is 0 Å². The SMILES string of the molecule is C[C@@]12C=CC[C@H]1[C@@H]1CCC3=CC(=O)CCC3(O)[C@H]1CC2. The molecule has 2 saturated carbocycles. The predicted molar refractivity (Wildman–Crippen MR) is 78.1 cm³/mol. The fourth-order valence-corrected chi connectivity index (χ4v) is 5.67. The van der Waals surface area contributed by atoms with Gasteiger partial charge in [-0.15, -0.1) is 0 Å². The van der Waals surface area contributed by atoms with Crippen LogP contribution in [-0.4, -0.2) is 16.5 Å². The first-order valence-corrected chi connectivity index (χ1v) is 8.17. The van der Waals surface area contributed by atoms with Gasteiger partial charge < -0.3 is 5.11 Å². The summed E-state index contributed by atoms with van der Waals surface area (Å²) in [5.74, 6) is 1.95. The first-order valence-electron chi connectivity index (χ1n) is 8.17. The van der Waals surface area contributed by atoms with E-state index in [0.29, 0.717) is 36.0 Å². The van der Waals surface area contributed by atoms with Gasteiger partial charge in [-0.25, -0.2) is 0 Å². The molecule has 2 fully saturated rings. The molecule has 0 radical (unpaired) electrons. The van der Waals surface area contributed by atoms with Crippen LogP contribution in [0.25, 0.3) is 0 Å². The molecule has 5 atom stereocenters. The quantitative estimate of drug-likeness (QED) is 0.686. The van der Waals surface area contributed by atoms with Crippen molar-refractivity contribution >= 4 is 5.78 Å². The van der Waals surface area contributed by atoms with Gasteiger partial charge in [0.2, 0.25) is 0 Å². The van der Waals surface area contributed by atoms with Gasteiger partial charge in [0.25, 0.3) is 0 Å². The average Bonchev–Trinajstić information content (AvgIpc) is 2.81. The van der Waals surface area contributed by atoms with Gasteiger partial charge in [-0.05, 0) is 73.3 Å². The number of aliphatic hydroxyl groups is 1. The molecule has 0 spiro atoms. The molecule has 4 aliphatic rings. The second-order valence-corrected chi connectivity index (χ2v) is 7.66.